The molecule has 1 atom stereocenters. The highest BCUT2D eigenvalue weighted by Crippen LogP contribution is 2.35. The third-order valence-corrected chi connectivity index (χ3v) is 5.24. The van der Waals surface area contributed by atoms with Crippen LogP contribution in [-0.4, -0.2) is 13.8 Å². The van der Waals surface area contributed by atoms with Gasteiger partial charge in [-0.1, -0.05) is 36.4 Å². The molecule has 94 valence electrons. The maximum Gasteiger partial charge on any atom is 0.129 e. The third kappa shape index (κ3) is 2.57. The second kappa shape index (κ2) is 5.54. The highest BCUT2D eigenvalue weighted by atomic mass is 31.1. The van der Waals surface area contributed by atoms with E-state index < -0.39 is 0 Å². The SMILES string of the molecule is COc1c(C)cc(C)cc1P(C)c1ccccc1. The molecule has 2 aromatic carbocycles. The summed E-state index contributed by atoms with van der Waals surface area (Å²) in [6.07, 6.45) is 0. The van der Waals surface area contributed by atoms with Crippen molar-refractivity contribution in [1.29, 1.82) is 0 Å². The Morgan fingerprint density at radius 3 is 2.28 bits per heavy atom. The van der Waals surface area contributed by atoms with Gasteiger partial charge in [0.05, 0.1) is 7.11 Å². The zero-order valence-corrected chi connectivity index (χ0v) is 12.3. The van der Waals surface area contributed by atoms with Crippen molar-refractivity contribution in [3.8, 4) is 5.75 Å². The highest BCUT2D eigenvalue weighted by molar-refractivity contribution is 7.72. The van der Waals surface area contributed by atoms with Gasteiger partial charge in [-0.25, -0.2) is 0 Å². The smallest absolute Gasteiger partial charge is 0.129 e. The number of hydrogen-bond donors (Lipinski definition) is 0. The lowest BCUT2D eigenvalue weighted by atomic mass is 10.1. The van der Waals surface area contributed by atoms with Gasteiger partial charge in [-0.15, -0.1) is 0 Å². The van der Waals surface area contributed by atoms with Crippen molar-refractivity contribution in [2.75, 3.05) is 13.8 Å². The van der Waals surface area contributed by atoms with E-state index in [4.69, 9.17) is 4.74 Å². The van der Waals surface area contributed by atoms with Crippen LogP contribution >= 0.6 is 7.92 Å². The molecule has 0 aromatic heterocycles. The van der Waals surface area contributed by atoms with Crippen molar-refractivity contribution in [2.24, 2.45) is 0 Å². The van der Waals surface area contributed by atoms with Crippen LogP contribution < -0.4 is 15.3 Å². The van der Waals surface area contributed by atoms with E-state index in [0.717, 1.165) is 5.75 Å². The van der Waals surface area contributed by atoms with Gasteiger partial charge >= 0.3 is 0 Å². The molecule has 0 N–H and O–H groups in total. The summed E-state index contributed by atoms with van der Waals surface area (Å²) in [5.74, 6) is 1.04. The van der Waals surface area contributed by atoms with Crippen molar-refractivity contribution >= 4 is 18.5 Å². The maximum atomic E-state index is 5.59. The summed E-state index contributed by atoms with van der Waals surface area (Å²) in [7, 11) is 1.40. The molecule has 0 bridgehead atoms. The molecular formula is C16H19OP. The van der Waals surface area contributed by atoms with Crippen molar-refractivity contribution in [3.05, 3.63) is 53.6 Å². The zero-order valence-electron chi connectivity index (χ0n) is 11.4. The molecule has 0 heterocycles. The summed E-state index contributed by atoms with van der Waals surface area (Å²) in [6.45, 7) is 6.55. The van der Waals surface area contributed by atoms with Gasteiger partial charge in [-0.3, -0.25) is 0 Å². The predicted molar refractivity (Wildman–Crippen MR) is 81.0 cm³/mol. The van der Waals surface area contributed by atoms with Crippen LogP contribution in [-0.2, 0) is 0 Å². The molecule has 0 spiro atoms. The highest BCUT2D eigenvalue weighted by Gasteiger charge is 2.15. The fourth-order valence-corrected chi connectivity index (χ4v) is 4.10. The average Bonchev–Trinajstić information content (AvgIpc) is 2.38. The quantitative estimate of drug-likeness (QED) is 0.767. The van der Waals surface area contributed by atoms with Gasteiger partial charge in [0.2, 0.25) is 0 Å². The van der Waals surface area contributed by atoms with E-state index in [1.807, 2.05) is 0 Å². The summed E-state index contributed by atoms with van der Waals surface area (Å²) in [5.41, 5.74) is 2.52. The Morgan fingerprint density at radius 1 is 1.00 bits per heavy atom. The largest absolute Gasteiger partial charge is 0.496 e. The predicted octanol–water partition coefficient (Wildman–Crippen LogP) is 3.37. The van der Waals surface area contributed by atoms with E-state index >= 15 is 0 Å². The Morgan fingerprint density at radius 2 is 1.67 bits per heavy atom. The fraction of sp³-hybridized carbons (Fsp3) is 0.250. The molecule has 0 aliphatic heterocycles. The van der Waals surface area contributed by atoms with Crippen LogP contribution in [0.4, 0.5) is 0 Å². The summed E-state index contributed by atoms with van der Waals surface area (Å²) >= 11 is 0. The fourth-order valence-electron chi connectivity index (χ4n) is 2.24. The molecule has 0 radical (unpaired) electrons. The van der Waals surface area contributed by atoms with Crippen LogP contribution in [0.1, 0.15) is 11.1 Å². The number of rotatable bonds is 3. The van der Waals surface area contributed by atoms with Crippen LogP contribution in [0.5, 0.6) is 5.75 Å². The molecule has 2 aromatic rings. The molecule has 0 aliphatic carbocycles. The Hall–Kier alpha value is -1.33. The van der Waals surface area contributed by atoms with E-state index in [2.05, 4.69) is 63.0 Å². The maximum absolute atomic E-state index is 5.59. The minimum absolute atomic E-state index is 0.355. The van der Waals surface area contributed by atoms with E-state index in [9.17, 15) is 0 Å². The molecule has 2 rings (SSSR count). The van der Waals surface area contributed by atoms with Crippen molar-refractivity contribution < 1.29 is 4.74 Å². The Kier molecular flexibility index (Phi) is 4.04. The van der Waals surface area contributed by atoms with Gasteiger partial charge < -0.3 is 4.74 Å². The molecule has 1 unspecified atom stereocenters. The van der Waals surface area contributed by atoms with Gasteiger partial charge in [-0.05, 0) is 50.9 Å². The molecule has 2 heteroatoms. The topological polar surface area (TPSA) is 9.23 Å². The molecule has 0 aliphatic rings. The van der Waals surface area contributed by atoms with E-state index in [1.165, 1.54) is 21.7 Å². The average molecular weight is 258 g/mol. The lowest BCUT2D eigenvalue weighted by Crippen LogP contribution is -2.14. The monoisotopic (exact) mass is 258 g/mol. The summed E-state index contributed by atoms with van der Waals surface area (Å²) in [5, 5.41) is 2.71. The molecule has 0 saturated heterocycles. The first kappa shape index (κ1) is 13.1. The number of aryl methyl sites for hydroxylation is 2. The number of methoxy groups -OCH3 is 1. The van der Waals surface area contributed by atoms with Gasteiger partial charge in [-0.2, -0.15) is 0 Å². The molecule has 0 saturated carbocycles. The lowest BCUT2D eigenvalue weighted by molar-refractivity contribution is 0.415. The minimum atomic E-state index is -0.355. The Bertz CT molecular complexity index is 534. The second-order valence-electron chi connectivity index (χ2n) is 4.53. The normalized spacial score (nSPS) is 12.2. The minimum Gasteiger partial charge on any atom is -0.496 e. The zero-order chi connectivity index (χ0) is 13.1. The van der Waals surface area contributed by atoms with Crippen LogP contribution in [0.2, 0.25) is 0 Å². The molecular weight excluding hydrogens is 239 g/mol. The third-order valence-electron chi connectivity index (χ3n) is 3.11. The Labute approximate surface area is 111 Å². The number of hydrogen-bond acceptors (Lipinski definition) is 1. The molecule has 0 amide bonds. The standard InChI is InChI=1S/C16H19OP/c1-12-10-13(2)16(17-3)15(11-12)18(4)14-8-6-5-7-9-14/h5-11H,1-4H3. The Balaban J connectivity index is 2.50. The lowest BCUT2D eigenvalue weighted by Gasteiger charge is -2.19. The number of benzene rings is 2. The summed E-state index contributed by atoms with van der Waals surface area (Å²) in [6, 6.07) is 15.1. The van der Waals surface area contributed by atoms with Crippen molar-refractivity contribution in [3.63, 3.8) is 0 Å². The van der Waals surface area contributed by atoms with Gasteiger partial charge in [0.15, 0.2) is 0 Å². The van der Waals surface area contributed by atoms with E-state index in [1.54, 1.807) is 7.11 Å². The molecule has 1 nitrogen and oxygen atoms in total. The van der Waals surface area contributed by atoms with Gasteiger partial charge in [0, 0.05) is 5.30 Å². The second-order valence-corrected chi connectivity index (χ2v) is 6.64. The summed E-state index contributed by atoms with van der Waals surface area (Å²) in [4.78, 5) is 0. The first-order chi connectivity index (χ1) is 8.63. The van der Waals surface area contributed by atoms with E-state index in [0.29, 0.717) is 0 Å². The first-order valence-electron chi connectivity index (χ1n) is 6.07. The van der Waals surface area contributed by atoms with Crippen LogP contribution in [0, 0.1) is 13.8 Å². The molecule has 18 heavy (non-hydrogen) atoms. The summed E-state index contributed by atoms with van der Waals surface area (Å²) < 4.78 is 5.59. The number of ether oxygens (including phenoxy) is 1. The molecule has 0 fully saturated rings. The first-order valence-corrected chi connectivity index (χ1v) is 7.86. The van der Waals surface area contributed by atoms with Crippen molar-refractivity contribution in [1.82, 2.24) is 0 Å². The van der Waals surface area contributed by atoms with Gasteiger partial charge in [0.1, 0.15) is 5.75 Å². The van der Waals surface area contributed by atoms with Crippen LogP contribution in [0.3, 0.4) is 0 Å². The van der Waals surface area contributed by atoms with Crippen LogP contribution in [0.15, 0.2) is 42.5 Å². The van der Waals surface area contributed by atoms with E-state index in [-0.39, 0.29) is 7.92 Å². The van der Waals surface area contributed by atoms with Gasteiger partial charge in [0.25, 0.3) is 0 Å². The van der Waals surface area contributed by atoms with Crippen molar-refractivity contribution in [2.45, 2.75) is 13.8 Å². The van der Waals surface area contributed by atoms with Crippen LogP contribution in [0.25, 0.3) is 0 Å².